The number of carbonyl (C=O) groups excluding carboxylic acids is 2. The molecule has 2 aromatic rings. The number of nitrogens with one attached hydrogen (secondary N) is 1. The van der Waals surface area contributed by atoms with Crippen molar-refractivity contribution >= 4 is 46.0 Å². The number of anilines is 1. The van der Waals surface area contributed by atoms with Crippen molar-refractivity contribution < 1.29 is 14.3 Å². The van der Waals surface area contributed by atoms with Crippen molar-refractivity contribution in [2.75, 3.05) is 5.32 Å². The Morgan fingerprint density at radius 1 is 1.11 bits per heavy atom. The Hall–Kier alpha value is -3.45. The first-order valence-corrected chi connectivity index (χ1v) is 10.1. The van der Waals surface area contributed by atoms with E-state index in [1.807, 2.05) is 36.0 Å². The molecule has 0 saturated carbocycles. The van der Waals surface area contributed by atoms with Gasteiger partial charge in [0, 0.05) is 29.9 Å². The van der Waals surface area contributed by atoms with Crippen LogP contribution in [0.3, 0.4) is 0 Å². The number of nitrogens with zero attached hydrogens (tertiary/aromatic N) is 2. The van der Waals surface area contributed by atoms with Gasteiger partial charge >= 0.3 is 5.97 Å². The molecule has 1 unspecified atom stereocenters. The maximum atomic E-state index is 12.2. The van der Waals surface area contributed by atoms with Gasteiger partial charge in [-0.1, -0.05) is 12.1 Å². The summed E-state index contributed by atoms with van der Waals surface area (Å²) in [7, 11) is -0.461. The number of rotatable bonds is 4. The van der Waals surface area contributed by atoms with Gasteiger partial charge < -0.3 is 10.1 Å². The minimum absolute atomic E-state index is 0.147. The largest absolute Gasteiger partial charge is 0.402 e. The van der Waals surface area contributed by atoms with Crippen LogP contribution < -0.4 is 5.32 Å². The van der Waals surface area contributed by atoms with E-state index < -0.39 is 16.9 Å². The number of carbonyl (C=O) groups is 2. The molecule has 1 atom stereocenters. The molecule has 0 fully saturated rings. The van der Waals surface area contributed by atoms with Crippen LogP contribution in [-0.2, 0) is 14.3 Å². The molecular formula is C21H17N3O3S. The number of benzene rings is 2. The highest BCUT2D eigenvalue weighted by molar-refractivity contribution is 8.31. The molecule has 0 bridgehead atoms. The maximum absolute atomic E-state index is 12.2. The molecule has 7 heteroatoms. The van der Waals surface area contributed by atoms with Crippen molar-refractivity contribution in [2.24, 2.45) is 9.98 Å². The van der Waals surface area contributed by atoms with Crippen LogP contribution in [-0.4, -0.2) is 23.3 Å². The number of esters is 1. The first-order valence-electron chi connectivity index (χ1n) is 8.57. The van der Waals surface area contributed by atoms with Gasteiger partial charge in [-0.05, 0) is 58.3 Å². The monoisotopic (exact) mass is 391 g/mol. The van der Waals surface area contributed by atoms with Crippen LogP contribution in [0.25, 0.3) is 6.08 Å². The van der Waals surface area contributed by atoms with E-state index >= 15 is 0 Å². The normalized spacial score (nSPS) is 20.3. The number of amides is 1. The van der Waals surface area contributed by atoms with E-state index in [4.69, 9.17) is 4.74 Å². The fourth-order valence-corrected chi connectivity index (χ4v) is 4.06. The highest BCUT2D eigenvalue weighted by Gasteiger charge is 2.24. The summed E-state index contributed by atoms with van der Waals surface area (Å²) in [6.45, 7) is 1.44. The predicted molar refractivity (Wildman–Crippen MR) is 113 cm³/mol. The summed E-state index contributed by atoms with van der Waals surface area (Å²) in [5.41, 5.74) is 4.40. The van der Waals surface area contributed by atoms with Crippen LogP contribution in [0.4, 0.5) is 5.69 Å². The first kappa shape index (κ1) is 17.9. The van der Waals surface area contributed by atoms with E-state index in [9.17, 15) is 9.59 Å². The lowest BCUT2D eigenvalue weighted by atomic mass is 10.2. The van der Waals surface area contributed by atoms with E-state index in [0.29, 0.717) is 11.3 Å². The smallest absolute Gasteiger partial charge is 0.363 e. The zero-order valence-corrected chi connectivity index (χ0v) is 15.9. The number of thiol groups is 1. The predicted octanol–water partition coefficient (Wildman–Crippen LogP) is 3.86. The van der Waals surface area contributed by atoms with Gasteiger partial charge in [-0.2, -0.15) is 10.9 Å². The molecule has 2 aliphatic rings. The molecule has 1 N–H and O–H groups in total. The lowest BCUT2D eigenvalue weighted by Gasteiger charge is -2.08. The van der Waals surface area contributed by atoms with Crippen LogP contribution in [0, 0.1) is 0 Å². The molecule has 1 amide bonds. The molecule has 6 nitrogen and oxygen atoms in total. The SMILES string of the molecule is CC(=O)Nc1ccc(C2=NC(=Cc3ccc([SH]4C=CN=C4)cc3)C(=O)O2)cc1. The Balaban J connectivity index is 1.52. The van der Waals surface area contributed by atoms with Gasteiger partial charge in [-0.15, -0.1) is 0 Å². The van der Waals surface area contributed by atoms with Crippen LogP contribution in [0.1, 0.15) is 18.1 Å². The van der Waals surface area contributed by atoms with Gasteiger partial charge in [0.15, 0.2) is 5.70 Å². The zero-order valence-electron chi connectivity index (χ0n) is 15.0. The third-order valence-electron chi connectivity index (χ3n) is 4.07. The second-order valence-electron chi connectivity index (χ2n) is 6.16. The number of hydrogen-bond donors (Lipinski definition) is 2. The van der Waals surface area contributed by atoms with Gasteiger partial charge in [-0.3, -0.25) is 9.79 Å². The Morgan fingerprint density at radius 3 is 2.50 bits per heavy atom. The van der Waals surface area contributed by atoms with E-state index in [1.54, 1.807) is 30.3 Å². The van der Waals surface area contributed by atoms with Gasteiger partial charge in [0.2, 0.25) is 11.8 Å². The molecule has 0 saturated heterocycles. The van der Waals surface area contributed by atoms with Gasteiger partial charge in [0.05, 0.1) is 0 Å². The quantitative estimate of drug-likeness (QED) is 0.472. The fraction of sp³-hybridized carbons (Fsp3) is 0.0476. The van der Waals surface area contributed by atoms with Gasteiger partial charge in [0.25, 0.3) is 0 Å². The highest BCUT2D eigenvalue weighted by Crippen LogP contribution is 2.37. The standard InChI is InChI=1S/C21H17N3O3S/c1-14(25)23-17-6-4-16(5-7-17)20-24-19(21(26)27-20)12-15-2-8-18(9-3-15)28-11-10-22-13-28/h2-13,28H,1H3,(H,23,25). The average molecular weight is 391 g/mol. The van der Waals surface area contributed by atoms with Crippen molar-refractivity contribution in [3.8, 4) is 0 Å². The van der Waals surface area contributed by atoms with Crippen LogP contribution >= 0.6 is 10.9 Å². The summed E-state index contributed by atoms with van der Waals surface area (Å²) in [6.07, 6.45) is 3.52. The minimum Gasteiger partial charge on any atom is -0.402 e. The van der Waals surface area contributed by atoms with Crippen LogP contribution in [0.2, 0.25) is 0 Å². The molecule has 2 aliphatic heterocycles. The van der Waals surface area contributed by atoms with Crippen molar-refractivity contribution in [1.82, 2.24) is 0 Å². The summed E-state index contributed by atoms with van der Waals surface area (Å²) >= 11 is 0. The molecule has 2 aromatic carbocycles. The van der Waals surface area contributed by atoms with Gasteiger partial charge in [-0.25, -0.2) is 9.79 Å². The number of ether oxygens (including phenoxy) is 1. The maximum Gasteiger partial charge on any atom is 0.363 e. The molecule has 2 heterocycles. The highest BCUT2D eigenvalue weighted by atomic mass is 32.2. The van der Waals surface area contributed by atoms with Crippen molar-refractivity contribution in [3.05, 3.63) is 77.0 Å². The molecule has 0 aromatic heterocycles. The van der Waals surface area contributed by atoms with Crippen LogP contribution in [0.5, 0.6) is 0 Å². The molecule has 4 rings (SSSR count). The Kier molecular flexibility index (Phi) is 4.90. The summed E-state index contributed by atoms with van der Waals surface area (Å²) in [5, 5.41) is 4.78. The molecule has 140 valence electrons. The molecule has 0 aliphatic carbocycles. The fourth-order valence-electron chi connectivity index (χ4n) is 2.74. The first-order chi connectivity index (χ1) is 13.6. The van der Waals surface area contributed by atoms with E-state index in [2.05, 4.69) is 20.7 Å². The summed E-state index contributed by atoms with van der Waals surface area (Å²) < 4.78 is 5.29. The van der Waals surface area contributed by atoms with Crippen LogP contribution in [0.15, 0.2) is 80.7 Å². The lowest BCUT2D eigenvalue weighted by molar-refractivity contribution is -0.129. The summed E-state index contributed by atoms with van der Waals surface area (Å²) in [5.74, 6) is -0.385. The van der Waals surface area contributed by atoms with E-state index in [-0.39, 0.29) is 17.5 Å². The molecule has 28 heavy (non-hydrogen) atoms. The second-order valence-corrected chi connectivity index (χ2v) is 8.02. The average Bonchev–Trinajstić information content (AvgIpc) is 3.33. The van der Waals surface area contributed by atoms with Crippen molar-refractivity contribution in [3.63, 3.8) is 0 Å². The third kappa shape index (κ3) is 3.94. The van der Waals surface area contributed by atoms with Gasteiger partial charge in [0.1, 0.15) is 0 Å². The molecule has 0 radical (unpaired) electrons. The number of cyclic esters (lactones) is 1. The summed E-state index contributed by atoms with van der Waals surface area (Å²) in [4.78, 5) is 32.9. The molecular weight excluding hydrogens is 374 g/mol. The Labute approximate surface area is 164 Å². The topological polar surface area (TPSA) is 80.1 Å². The minimum atomic E-state index is -0.486. The lowest BCUT2D eigenvalue weighted by Crippen LogP contribution is -2.07. The van der Waals surface area contributed by atoms with E-state index in [1.165, 1.54) is 11.8 Å². The second kappa shape index (κ2) is 7.66. The summed E-state index contributed by atoms with van der Waals surface area (Å²) in [6, 6.07) is 14.9. The zero-order chi connectivity index (χ0) is 19.5. The third-order valence-corrected chi connectivity index (χ3v) is 5.80. The van der Waals surface area contributed by atoms with Crippen molar-refractivity contribution in [1.29, 1.82) is 0 Å². The molecule has 0 spiro atoms. The Bertz CT molecular complexity index is 1040. The Morgan fingerprint density at radius 2 is 1.86 bits per heavy atom. The van der Waals surface area contributed by atoms with E-state index in [0.717, 1.165) is 5.56 Å². The van der Waals surface area contributed by atoms with Crippen molar-refractivity contribution in [2.45, 2.75) is 11.8 Å². The number of aliphatic imine (C=N–C) groups is 2. The number of hydrogen-bond acceptors (Lipinski definition) is 5.